The number of carbonyl (C=O) groups is 1. The summed E-state index contributed by atoms with van der Waals surface area (Å²) in [7, 11) is 1.89. The highest BCUT2D eigenvalue weighted by Crippen LogP contribution is 2.33. The smallest absolute Gasteiger partial charge is 0.416 e. The largest absolute Gasteiger partial charge is 0.457 e. The Morgan fingerprint density at radius 3 is 2.54 bits per heavy atom. The predicted octanol–water partition coefficient (Wildman–Crippen LogP) is 4.60. The molecule has 1 saturated heterocycles. The number of nitrogens with one attached hydrogen (secondary N) is 1. The second-order valence-corrected chi connectivity index (χ2v) is 6.62. The fraction of sp³-hybridized carbons (Fsp3) is 0.350. The molecule has 1 aliphatic heterocycles. The molecule has 28 heavy (non-hydrogen) atoms. The van der Waals surface area contributed by atoms with Crippen molar-refractivity contribution >= 4 is 18.3 Å². The number of alkyl halides is 3. The van der Waals surface area contributed by atoms with Gasteiger partial charge in [0.1, 0.15) is 11.5 Å². The number of benzene rings is 2. The number of ether oxygens (including phenoxy) is 1. The number of halogens is 4. The van der Waals surface area contributed by atoms with Crippen LogP contribution >= 0.6 is 12.4 Å². The molecular formula is C20H22ClF3N2O2. The molecule has 0 radical (unpaired) electrons. The third kappa shape index (κ3) is 5.39. The van der Waals surface area contributed by atoms with E-state index in [1.54, 1.807) is 29.2 Å². The molecule has 3 rings (SSSR count). The number of likely N-dealkylation sites (tertiary alicyclic amines) is 1. The lowest BCUT2D eigenvalue weighted by Crippen LogP contribution is -2.30. The summed E-state index contributed by atoms with van der Waals surface area (Å²) in [5.41, 5.74) is -0.315. The van der Waals surface area contributed by atoms with Gasteiger partial charge in [-0.3, -0.25) is 4.79 Å². The Bertz CT molecular complexity index is 814. The summed E-state index contributed by atoms with van der Waals surface area (Å²) in [6.45, 7) is 2.25. The zero-order valence-corrected chi connectivity index (χ0v) is 16.1. The van der Waals surface area contributed by atoms with E-state index in [-0.39, 0.29) is 24.1 Å². The number of nitrogens with zero attached hydrogens (tertiary/aromatic N) is 1. The first kappa shape index (κ1) is 22.0. The van der Waals surface area contributed by atoms with Gasteiger partial charge in [0.15, 0.2) is 0 Å². The van der Waals surface area contributed by atoms with Gasteiger partial charge in [0, 0.05) is 18.7 Å². The molecule has 0 aromatic heterocycles. The molecule has 0 aliphatic carbocycles. The number of rotatable bonds is 5. The maximum absolute atomic E-state index is 12.8. The molecule has 1 aliphatic rings. The lowest BCUT2D eigenvalue weighted by atomic mass is 10.1. The summed E-state index contributed by atoms with van der Waals surface area (Å²) in [5, 5.41) is 3.12. The van der Waals surface area contributed by atoms with Crippen molar-refractivity contribution in [2.75, 3.05) is 26.7 Å². The topological polar surface area (TPSA) is 41.6 Å². The Balaban J connectivity index is 0.00000280. The highest BCUT2D eigenvalue weighted by Gasteiger charge is 2.30. The third-order valence-electron chi connectivity index (χ3n) is 4.54. The van der Waals surface area contributed by atoms with E-state index in [9.17, 15) is 18.0 Å². The van der Waals surface area contributed by atoms with Crippen LogP contribution in [0.3, 0.4) is 0 Å². The molecule has 1 unspecified atom stereocenters. The zero-order valence-electron chi connectivity index (χ0n) is 15.3. The summed E-state index contributed by atoms with van der Waals surface area (Å²) >= 11 is 0. The predicted molar refractivity (Wildman–Crippen MR) is 103 cm³/mol. The van der Waals surface area contributed by atoms with Crippen molar-refractivity contribution in [2.45, 2.75) is 12.6 Å². The van der Waals surface area contributed by atoms with Crippen molar-refractivity contribution in [3.63, 3.8) is 0 Å². The minimum Gasteiger partial charge on any atom is -0.457 e. The van der Waals surface area contributed by atoms with Gasteiger partial charge in [0.05, 0.1) is 5.56 Å². The molecule has 1 N–H and O–H groups in total. The molecule has 0 spiro atoms. The van der Waals surface area contributed by atoms with Crippen LogP contribution < -0.4 is 10.1 Å². The van der Waals surface area contributed by atoms with E-state index >= 15 is 0 Å². The van der Waals surface area contributed by atoms with Crippen molar-refractivity contribution in [1.82, 2.24) is 10.2 Å². The summed E-state index contributed by atoms with van der Waals surface area (Å²) in [6, 6.07) is 11.2. The zero-order chi connectivity index (χ0) is 19.4. The monoisotopic (exact) mass is 414 g/mol. The van der Waals surface area contributed by atoms with E-state index < -0.39 is 11.7 Å². The number of hydrogen-bond acceptors (Lipinski definition) is 3. The SMILES string of the molecule is CNCC1CCN(C(=O)c2cccc(Oc3cccc(C(F)(F)F)c3)c2)C1.Cl. The lowest BCUT2D eigenvalue weighted by Gasteiger charge is -2.17. The molecule has 152 valence electrons. The fourth-order valence-electron chi connectivity index (χ4n) is 3.22. The minimum atomic E-state index is -4.43. The van der Waals surface area contributed by atoms with Crippen LogP contribution in [0.1, 0.15) is 22.3 Å². The Morgan fingerprint density at radius 1 is 1.18 bits per heavy atom. The summed E-state index contributed by atoms with van der Waals surface area (Å²) in [5.74, 6) is 0.738. The van der Waals surface area contributed by atoms with Crippen LogP contribution in [0.4, 0.5) is 13.2 Å². The van der Waals surface area contributed by atoms with E-state index in [0.29, 0.717) is 30.3 Å². The van der Waals surface area contributed by atoms with Gasteiger partial charge in [-0.2, -0.15) is 13.2 Å². The highest BCUT2D eigenvalue weighted by molar-refractivity contribution is 5.94. The molecule has 1 amide bonds. The van der Waals surface area contributed by atoms with Gasteiger partial charge in [-0.1, -0.05) is 12.1 Å². The van der Waals surface area contributed by atoms with Crippen molar-refractivity contribution < 1.29 is 22.7 Å². The normalized spacial score (nSPS) is 16.6. The van der Waals surface area contributed by atoms with Gasteiger partial charge in [-0.15, -0.1) is 12.4 Å². The molecule has 8 heteroatoms. The van der Waals surface area contributed by atoms with Crippen molar-refractivity contribution in [3.8, 4) is 11.5 Å². The maximum Gasteiger partial charge on any atom is 0.416 e. The van der Waals surface area contributed by atoms with E-state index in [2.05, 4.69) is 5.32 Å². The summed E-state index contributed by atoms with van der Waals surface area (Å²) in [4.78, 5) is 14.5. The van der Waals surface area contributed by atoms with Crippen LogP contribution in [-0.2, 0) is 6.18 Å². The van der Waals surface area contributed by atoms with Crippen LogP contribution in [0.5, 0.6) is 11.5 Å². The maximum atomic E-state index is 12.8. The number of amides is 1. The molecule has 4 nitrogen and oxygen atoms in total. The minimum absolute atomic E-state index is 0. The van der Waals surface area contributed by atoms with Crippen molar-refractivity contribution in [3.05, 3.63) is 59.7 Å². The number of carbonyl (C=O) groups excluding carboxylic acids is 1. The third-order valence-corrected chi connectivity index (χ3v) is 4.54. The molecule has 2 aromatic carbocycles. The van der Waals surface area contributed by atoms with Crippen molar-refractivity contribution in [2.24, 2.45) is 5.92 Å². The Labute approximate surface area is 168 Å². The van der Waals surface area contributed by atoms with E-state index in [1.165, 1.54) is 12.1 Å². The summed E-state index contributed by atoms with van der Waals surface area (Å²) in [6.07, 6.45) is -3.48. The molecule has 0 bridgehead atoms. The lowest BCUT2D eigenvalue weighted by molar-refractivity contribution is -0.137. The quantitative estimate of drug-likeness (QED) is 0.777. The molecule has 0 saturated carbocycles. The first-order valence-electron chi connectivity index (χ1n) is 8.76. The van der Waals surface area contributed by atoms with Gasteiger partial charge in [0.2, 0.25) is 0 Å². The van der Waals surface area contributed by atoms with Gasteiger partial charge in [0.25, 0.3) is 5.91 Å². The second kappa shape index (κ2) is 9.30. The fourth-order valence-corrected chi connectivity index (χ4v) is 3.22. The van der Waals surface area contributed by atoms with Crippen LogP contribution in [-0.4, -0.2) is 37.5 Å². The Morgan fingerprint density at radius 2 is 1.86 bits per heavy atom. The van der Waals surface area contributed by atoms with Gasteiger partial charge in [-0.25, -0.2) is 0 Å². The van der Waals surface area contributed by atoms with Gasteiger partial charge >= 0.3 is 6.18 Å². The first-order chi connectivity index (χ1) is 12.9. The second-order valence-electron chi connectivity index (χ2n) is 6.62. The Hall–Kier alpha value is -2.25. The van der Waals surface area contributed by atoms with E-state index in [1.807, 2.05) is 7.05 Å². The molecule has 1 atom stereocenters. The number of hydrogen-bond donors (Lipinski definition) is 1. The molecule has 2 aromatic rings. The van der Waals surface area contributed by atoms with E-state index in [4.69, 9.17) is 4.74 Å². The molecular weight excluding hydrogens is 393 g/mol. The summed E-state index contributed by atoms with van der Waals surface area (Å²) < 4.78 is 44.0. The first-order valence-corrected chi connectivity index (χ1v) is 8.76. The van der Waals surface area contributed by atoms with Gasteiger partial charge in [-0.05, 0) is 62.3 Å². The highest BCUT2D eigenvalue weighted by atomic mass is 35.5. The standard InChI is InChI=1S/C20H21F3N2O2.ClH/c1-24-12-14-8-9-25(13-14)19(26)15-4-2-6-17(10-15)27-18-7-3-5-16(11-18)20(21,22)23;/h2-7,10-11,14,24H,8-9,12-13H2,1H3;1H. The van der Waals surface area contributed by atoms with Crippen LogP contribution in [0.2, 0.25) is 0 Å². The van der Waals surface area contributed by atoms with Crippen LogP contribution in [0, 0.1) is 5.92 Å². The van der Waals surface area contributed by atoms with Crippen molar-refractivity contribution in [1.29, 1.82) is 0 Å². The average molecular weight is 415 g/mol. The van der Waals surface area contributed by atoms with Crippen LogP contribution in [0.15, 0.2) is 48.5 Å². The van der Waals surface area contributed by atoms with Gasteiger partial charge < -0.3 is 15.0 Å². The average Bonchev–Trinajstić information content (AvgIpc) is 3.10. The Kier molecular flexibility index (Phi) is 7.32. The molecule has 1 fully saturated rings. The van der Waals surface area contributed by atoms with Crippen LogP contribution in [0.25, 0.3) is 0 Å². The molecule has 1 heterocycles. The van der Waals surface area contributed by atoms with E-state index in [0.717, 1.165) is 25.1 Å².